The SMILES string of the molecule is CC[PH+](CC)CC.CC[PH+](CC)CC.CC[PH+](CC)CC.Fc1[c-]nc(F)c(F)c1.[Rh]. The number of hydrogen-bond donors (Lipinski definition) is 0. The summed E-state index contributed by atoms with van der Waals surface area (Å²) in [4.78, 5) is 2.64. The van der Waals surface area contributed by atoms with Crippen molar-refractivity contribution in [3.05, 3.63) is 29.8 Å². The van der Waals surface area contributed by atoms with Crippen molar-refractivity contribution in [1.29, 1.82) is 0 Å². The molecule has 1 radical (unpaired) electrons. The summed E-state index contributed by atoms with van der Waals surface area (Å²) < 4.78 is 35.5. The molecule has 0 amide bonds. The number of rotatable bonds is 9. The number of pyridine rings is 1. The maximum Gasteiger partial charge on any atom is 0.131 e. The quantitative estimate of drug-likeness (QED) is 0.122. The van der Waals surface area contributed by atoms with Crippen LogP contribution in [-0.4, -0.2) is 60.4 Å². The third-order valence-electron chi connectivity index (χ3n) is 5.21. The third-order valence-corrected chi connectivity index (χ3v) is 14.2. The van der Waals surface area contributed by atoms with Crippen molar-refractivity contribution in [2.45, 2.75) is 62.3 Å². The maximum absolute atomic E-state index is 11.9. The molecule has 0 N–H and O–H groups in total. The molecule has 8 heteroatoms. The van der Waals surface area contributed by atoms with Crippen molar-refractivity contribution >= 4 is 23.8 Å². The van der Waals surface area contributed by atoms with Crippen molar-refractivity contribution in [3.63, 3.8) is 0 Å². The van der Waals surface area contributed by atoms with Crippen LogP contribution in [0, 0.1) is 23.8 Å². The van der Waals surface area contributed by atoms with Gasteiger partial charge in [0.1, 0.15) is 5.95 Å². The molecular weight excluding hydrogens is 543 g/mol. The van der Waals surface area contributed by atoms with E-state index in [1.807, 2.05) is 0 Å². The summed E-state index contributed by atoms with van der Waals surface area (Å²) >= 11 is 0. The minimum atomic E-state index is -1.34. The smallest absolute Gasteiger partial charge is 0.131 e. The summed E-state index contributed by atoms with van der Waals surface area (Å²) in [5.74, 6) is -3.64. The first-order chi connectivity index (χ1) is 14.2. The van der Waals surface area contributed by atoms with Gasteiger partial charge in [0.05, 0.1) is 61.3 Å². The normalized spacial score (nSPS) is 9.77. The molecule has 0 aliphatic heterocycles. The van der Waals surface area contributed by atoms with Gasteiger partial charge in [0.15, 0.2) is 0 Å². The second-order valence-electron chi connectivity index (χ2n) is 6.79. The van der Waals surface area contributed by atoms with Crippen LogP contribution < -0.4 is 0 Å². The summed E-state index contributed by atoms with van der Waals surface area (Å²) in [6.07, 6.45) is 14.7. The molecule has 1 aromatic heterocycles. The van der Waals surface area contributed by atoms with Gasteiger partial charge in [0, 0.05) is 25.3 Å². The molecule has 189 valence electrons. The Balaban J connectivity index is -0.000000156. The monoisotopic (exact) mass is 592 g/mol. The Bertz CT molecular complexity index is 428. The molecule has 0 spiro atoms. The fraction of sp³-hybridized carbons (Fsp3) is 0.783. The minimum Gasteiger partial charge on any atom is -0.356 e. The van der Waals surface area contributed by atoms with Gasteiger partial charge in [0.2, 0.25) is 0 Å². The summed E-state index contributed by atoms with van der Waals surface area (Å²) in [7, 11) is 0.412. The molecule has 0 aliphatic rings. The molecule has 0 fully saturated rings. The van der Waals surface area contributed by atoms with Gasteiger partial charge in [-0.05, 0) is 92.3 Å². The van der Waals surface area contributed by atoms with E-state index in [9.17, 15) is 13.2 Å². The molecule has 0 bridgehead atoms. The number of nitrogens with zero attached hydrogens (tertiary/aromatic N) is 1. The molecule has 31 heavy (non-hydrogen) atoms. The van der Waals surface area contributed by atoms with E-state index >= 15 is 0 Å². The van der Waals surface area contributed by atoms with Crippen molar-refractivity contribution in [1.82, 2.24) is 4.98 Å². The van der Waals surface area contributed by atoms with E-state index in [1.165, 1.54) is 55.5 Å². The van der Waals surface area contributed by atoms with Crippen LogP contribution in [0.3, 0.4) is 0 Å². The maximum atomic E-state index is 11.9. The first-order valence-electron chi connectivity index (χ1n) is 11.6. The Morgan fingerprint density at radius 3 is 1.00 bits per heavy atom. The van der Waals surface area contributed by atoms with Crippen LogP contribution in [0.1, 0.15) is 62.3 Å². The Hall–Kier alpha value is 0.853. The number of halogens is 3. The predicted octanol–water partition coefficient (Wildman–Crippen LogP) is 8.08. The van der Waals surface area contributed by atoms with Gasteiger partial charge >= 0.3 is 0 Å². The van der Waals surface area contributed by atoms with Crippen molar-refractivity contribution in [2.24, 2.45) is 0 Å². The van der Waals surface area contributed by atoms with Gasteiger partial charge in [0.25, 0.3) is 0 Å². The molecule has 0 saturated carbocycles. The Morgan fingerprint density at radius 1 is 0.613 bits per heavy atom. The first-order valence-corrected chi connectivity index (χ1v) is 18.0. The van der Waals surface area contributed by atoms with Gasteiger partial charge in [-0.3, -0.25) is 4.39 Å². The van der Waals surface area contributed by atoms with Crippen molar-refractivity contribution < 1.29 is 32.6 Å². The van der Waals surface area contributed by atoms with Crippen molar-refractivity contribution in [2.75, 3.05) is 55.5 Å². The first kappa shape index (κ1) is 39.1. The van der Waals surface area contributed by atoms with Crippen molar-refractivity contribution in [3.8, 4) is 0 Å². The summed E-state index contributed by atoms with van der Waals surface area (Å²) in [6, 6.07) is 0.377. The van der Waals surface area contributed by atoms with Gasteiger partial charge in [-0.1, -0.05) is 6.07 Å². The largest absolute Gasteiger partial charge is 0.356 e. The van der Waals surface area contributed by atoms with Crippen LogP contribution in [0.15, 0.2) is 6.07 Å². The molecule has 0 aliphatic carbocycles. The van der Waals surface area contributed by atoms with E-state index in [-0.39, 0.29) is 43.2 Å². The van der Waals surface area contributed by atoms with Crippen LogP contribution in [0.25, 0.3) is 0 Å². The Labute approximate surface area is 208 Å². The second kappa shape index (κ2) is 28.9. The molecule has 0 atom stereocenters. The molecule has 0 aromatic carbocycles. The number of aromatic nitrogens is 1. The zero-order valence-electron chi connectivity index (χ0n) is 21.4. The zero-order chi connectivity index (χ0) is 23.9. The molecule has 0 unspecified atom stereocenters. The number of hydrogen-bond acceptors (Lipinski definition) is 1. The average Bonchev–Trinajstić information content (AvgIpc) is 2.76. The topological polar surface area (TPSA) is 12.9 Å². The van der Waals surface area contributed by atoms with Gasteiger partial charge in [-0.15, -0.1) is 0 Å². The van der Waals surface area contributed by atoms with E-state index in [0.29, 0.717) is 6.07 Å². The predicted molar refractivity (Wildman–Crippen MR) is 143 cm³/mol. The van der Waals surface area contributed by atoms with E-state index in [2.05, 4.69) is 67.3 Å². The fourth-order valence-corrected chi connectivity index (χ4v) is 7.11. The summed E-state index contributed by atoms with van der Waals surface area (Å²) in [5, 5.41) is 0. The van der Waals surface area contributed by atoms with Gasteiger partial charge in [-0.25, -0.2) is 8.78 Å². The Kier molecular flexibility index (Phi) is 36.4. The second-order valence-corrected chi connectivity index (χ2v) is 17.7. The van der Waals surface area contributed by atoms with Gasteiger partial charge < -0.3 is 4.98 Å². The van der Waals surface area contributed by atoms with E-state index < -0.39 is 17.6 Å². The summed E-state index contributed by atoms with van der Waals surface area (Å²) in [5.41, 5.74) is 0. The molecule has 1 heterocycles. The van der Waals surface area contributed by atoms with Crippen LogP contribution in [-0.2, 0) is 19.5 Å². The van der Waals surface area contributed by atoms with Crippen LogP contribution >= 0.6 is 23.8 Å². The Morgan fingerprint density at radius 2 is 0.871 bits per heavy atom. The molecule has 1 nitrogen and oxygen atoms in total. The van der Waals surface area contributed by atoms with Crippen LogP contribution in [0.4, 0.5) is 13.2 Å². The fourth-order valence-electron chi connectivity index (χ4n) is 2.61. The van der Waals surface area contributed by atoms with E-state index in [1.54, 1.807) is 6.20 Å². The molecule has 0 saturated heterocycles. The molecule has 1 aromatic rings. The molecular formula is C23H49F3NP3Rh+2. The van der Waals surface area contributed by atoms with E-state index in [0.717, 1.165) is 0 Å². The zero-order valence-corrected chi connectivity index (χ0v) is 26.0. The molecule has 1 rings (SSSR count). The third kappa shape index (κ3) is 25.3. The van der Waals surface area contributed by atoms with Gasteiger partial charge in [-0.2, -0.15) is 0 Å². The van der Waals surface area contributed by atoms with Crippen LogP contribution in [0.5, 0.6) is 0 Å². The van der Waals surface area contributed by atoms with Crippen LogP contribution in [0.2, 0.25) is 0 Å². The summed E-state index contributed by atoms with van der Waals surface area (Å²) in [6.45, 7) is 20.8. The average molecular weight is 592 g/mol. The van der Waals surface area contributed by atoms with E-state index in [4.69, 9.17) is 0 Å². The standard InChI is InChI=1S/3C6H15P.C5HF3N.Rh/c3*1-4-7(5-2)6-3;6-3-1-4(7)5(8)9-2-3;/h3*4-6H2,1-3H3;1H;/q;;;-1;/p+3. The minimum absolute atomic E-state index is 0.